The molecule has 1 saturated carbocycles. The van der Waals surface area contributed by atoms with Crippen molar-refractivity contribution >= 4 is 28.3 Å². The molecule has 1 fully saturated rings. The predicted molar refractivity (Wildman–Crippen MR) is 122 cm³/mol. The standard InChI is InChI=1S/C25H22N4O3/c1-16-19-14-18(8-9-24(19)32-27-16)31-23-10-11-26-15-20(23)25(30)29-13-12-28(17-6-7-17)21-4-2-3-5-22(21)29/h2-5,8-11,14-15,17H,6-7,12-13H2,1H3. The quantitative estimate of drug-likeness (QED) is 0.460. The molecule has 1 aliphatic carbocycles. The molecule has 2 aromatic carbocycles. The molecular formula is C25H22N4O3. The fraction of sp³-hybridized carbons (Fsp3) is 0.240. The first-order valence-electron chi connectivity index (χ1n) is 10.8. The molecule has 2 aromatic heterocycles. The molecule has 0 spiro atoms. The zero-order valence-corrected chi connectivity index (χ0v) is 17.7. The van der Waals surface area contributed by atoms with Crippen molar-refractivity contribution in [2.45, 2.75) is 25.8 Å². The number of benzene rings is 2. The minimum Gasteiger partial charge on any atom is -0.456 e. The number of carbonyl (C=O) groups excluding carboxylic acids is 1. The number of hydrogen-bond acceptors (Lipinski definition) is 6. The molecule has 0 N–H and O–H groups in total. The number of para-hydroxylation sites is 2. The number of fused-ring (bicyclic) bond motifs is 2. The molecule has 7 heteroatoms. The Balaban J connectivity index is 1.33. The lowest BCUT2D eigenvalue weighted by molar-refractivity contribution is 0.0984. The third kappa shape index (κ3) is 3.17. The smallest absolute Gasteiger partial charge is 0.263 e. The molecule has 3 heterocycles. The van der Waals surface area contributed by atoms with Crippen LogP contribution in [0.4, 0.5) is 11.4 Å². The van der Waals surface area contributed by atoms with Crippen LogP contribution < -0.4 is 14.5 Å². The summed E-state index contributed by atoms with van der Waals surface area (Å²) in [5, 5.41) is 4.87. The van der Waals surface area contributed by atoms with E-state index in [4.69, 9.17) is 9.26 Å². The summed E-state index contributed by atoms with van der Waals surface area (Å²) < 4.78 is 11.4. The molecule has 7 nitrogen and oxygen atoms in total. The number of anilines is 2. The SMILES string of the molecule is Cc1noc2ccc(Oc3ccncc3C(=O)N3CCN(C4CC4)c4ccccc43)cc12. The van der Waals surface area contributed by atoms with Crippen LogP contribution in [0.5, 0.6) is 11.5 Å². The van der Waals surface area contributed by atoms with Crippen molar-refractivity contribution in [1.82, 2.24) is 10.1 Å². The lowest BCUT2D eigenvalue weighted by Crippen LogP contribution is -2.45. The van der Waals surface area contributed by atoms with Gasteiger partial charge in [-0.25, -0.2) is 0 Å². The van der Waals surface area contributed by atoms with Crippen molar-refractivity contribution in [1.29, 1.82) is 0 Å². The Morgan fingerprint density at radius 3 is 2.78 bits per heavy atom. The van der Waals surface area contributed by atoms with Crippen LogP contribution in [0.1, 0.15) is 28.9 Å². The van der Waals surface area contributed by atoms with E-state index >= 15 is 0 Å². The van der Waals surface area contributed by atoms with Crippen LogP contribution in [0.15, 0.2) is 65.4 Å². The first-order chi connectivity index (χ1) is 15.7. The first kappa shape index (κ1) is 18.9. The summed E-state index contributed by atoms with van der Waals surface area (Å²) in [4.78, 5) is 22.1. The van der Waals surface area contributed by atoms with Gasteiger partial charge in [-0.05, 0) is 56.2 Å². The molecule has 6 rings (SSSR count). The number of aryl methyl sites for hydroxylation is 1. The largest absolute Gasteiger partial charge is 0.456 e. The first-order valence-corrected chi connectivity index (χ1v) is 10.8. The van der Waals surface area contributed by atoms with E-state index in [1.165, 1.54) is 12.8 Å². The van der Waals surface area contributed by atoms with E-state index in [1.54, 1.807) is 18.5 Å². The van der Waals surface area contributed by atoms with Gasteiger partial charge in [0.15, 0.2) is 5.58 Å². The lowest BCUT2D eigenvalue weighted by Gasteiger charge is -2.38. The third-order valence-corrected chi connectivity index (χ3v) is 6.14. The van der Waals surface area contributed by atoms with E-state index in [9.17, 15) is 4.79 Å². The van der Waals surface area contributed by atoms with Gasteiger partial charge in [0.05, 0.1) is 17.1 Å². The zero-order valence-electron chi connectivity index (χ0n) is 17.7. The number of hydrogen-bond donors (Lipinski definition) is 0. The highest BCUT2D eigenvalue weighted by atomic mass is 16.5. The Morgan fingerprint density at radius 1 is 1.09 bits per heavy atom. The Hall–Kier alpha value is -3.87. The number of aromatic nitrogens is 2. The summed E-state index contributed by atoms with van der Waals surface area (Å²) in [5.41, 5.74) is 3.98. The van der Waals surface area contributed by atoms with Crippen LogP contribution >= 0.6 is 0 Å². The Bertz CT molecular complexity index is 1330. The van der Waals surface area contributed by atoms with Crippen LogP contribution in [0.2, 0.25) is 0 Å². The van der Waals surface area contributed by atoms with E-state index in [2.05, 4.69) is 21.1 Å². The fourth-order valence-corrected chi connectivity index (χ4v) is 4.37. The van der Waals surface area contributed by atoms with Gasteiger partial charge in [-0.1, -0.05) is 17.3 Å². The maximum absolute atomic E-state index is 13.7. The Kier molecular flexibility index (Phi) is 4.35. The fourth-order valence-electron chi connectivity index (χ4n) is 4.37. The van der Waals surface area contributed by atoms with Crippen molar-refractivity contribution in [3.63, 3.8) is 0 Å². The summed E-state index contributed by atoms with van der Waals surface area (Å²) in [7, 11) is 0. The molecule has 1 aliphatic heterocycles. The van der Waals surface area contributed by atoms with E-state index in [0.29, 0.717) is 35.2 Å². The summed E-state index contributed by atoms with van der Waals surface area (Å²) >= 11 is 0. The van der Waals surface area contributed by atoms with Gasteiger partial charge in [-0.15, -0.1) is 0 Å². The highest BCUT2D eigenvalue weighted by molar-refractivity contribution is 6.09. The minimum absolute atomic E-state index is 0.113. The maximum Gasteiger partial charge on any atom is 0.263 e. The second kappa shape index (κ2) is 7.37. The van der Waals surface area contributed by atoms with Crippen molar-refractivity contribution in [3.8, 4) is 11.5 Å². The summed E-state index contributed by atoms with van der Waals surface area (Å²) in [6.07, 6.45) is 5.66. The summed E-state index contributed by atoms with van der Waals surface area (Å²) in [5.74, 6) is 0.974. The molecule has 0 unspecified atom stereocenters. The minimum atomic E-state index is -0.113. The average Bonchev–Trinajstić information content (AvgIpc) is 3.61. The highest BCUT2D eigenvalue weighted by Crippen LogP contribution is 2.41. The number of amides is 1. The molecule has 0 saturated heterocycles. The monoisotopic (exact) mass is 426 g/mol. The average molecular weight is 426 g/mol. The Labute approximate surface area is 185 Å². The second-order valence-electron chi connectivity index (χ2n) is 8.27. The van der Waals surface area contributed by atoms with Gasteiger partial charge in [0.2, 0.25) is 0 Å². The van der Waals surface area contributed by atoms with E-state index in [0.717, 1.165) is 29.0 Å². The van der Waals surface area contributed by atoms with Gasteiger partial charge in [0.1, 0.15) is 17.1 Å². The number of ether oxygens (including phenoxy) is 1. The zero-order chi connectivity index (χ0) is 21.7. The Morgan fingerprint density at radius 2 is 1.94 bits per heavy atom. The van der Waals surface area contributed by atoms with Gasteiger partial charge < -0.3 is 19.1 Å². The van der Waals surface area contributed by atoms with E-state index in [-0.39, 0.29) is 5.91 Å². The predicted octanol–water partition coefficient (Wildman–Crippen LogP) is 4.95. The van der Waals surface area contributed by atoms with Crippen LogP contribution in [-0.4, -0.2) is 35.2 Å². The van der Waals surface area contributed by atoms with Gasteiger partial charge in [-0.3, -0.25) is 9.78 Å². The van der Waals surface area contributed by atoms with Crippen molar-refractivity contribution in [3.05, 3.63) is 72.2 Å². The van der Waals surface area contributed by atoms with Crippen LogP contribution in [0.3, 0.4) is 0 Å². The third-order valence-electron chi connectivity index (χ3n) is 6.14. The molecule has 0 radical (unpaired) electrons. The molecule has 4 aromatic rings. The van der Waals surface area contributed by atoms with Crippen LogP contribution in [0, 0.1) is 6.92 Å². The molecule has 160 valence electrons. The van der Waals surface area contributed by atoms with Crippen LogP contribution in [0.25, 0.3) is 11.0 Å². The van der Waals surface area contributed by atoms with E-state index in [1.807, 2.05) is 48.2 Å². The summed E-state index contributed by atoms with van der Waals surface area (Å²) in [6, 6.07) is 16.0. The molecule has 1 amide bonds. The van der Waals surface area contributed by atoms with Crippen molar-refractivity contribution < 1.29 is 14.1 Å². The second-order valence-corrected chi connectivity index (χ2v) is 8.27. The lowest BCUT2D eigenvalue weighted by atomic mass is 10.1. The highest BCUT2D eigenvalue weighted by Gasteiger charge is 2.36. The number of pyridine rings is 1. The number of rotatable bonds is 4. The number of nitrogens with zero attached hydrogens (tertiary/aromatic N) is 4. The molecule has 2 aliphatic rings. The molecular weight excluding hydrogens is 404 g/mol. The van der Waals surface area contributed by atoms with Gasteiger partial charge in [0.25, 0.3) is 5.91 Å². The van der Waals surface area contributed by atoms with Gasteiger partial charge >= 0.3 is 0 Å². The van der Waals surface area contributed by atoms with Crippen molar-refractivity contribution in [2.75, 3.05) is 22.9 Å². The molecule has 0 atom stereocenters. The van der Waals surface area contributed by atoms with Gasteiger partial charge in [0, 0.05) is 36.9 Å². The topological polar surface area (TPSA) is 71.7 Å². The van der Waals surface area contributed by atoms with Crippen molar-refractivity contribution in [2.24, 2.45) is 0 Å². The molecule has 0 bridgehead atoms. The molecule has 32 heavy (non-hydrogen) atoms. The van der Waals surface area contributed by atoms with E-state index < -0.39 is 0 Å². The normalized spacial score (nSPS) is 15.7. The maximum atomic E-state index is 13.7. The number of carbonyl (C=O) groups is 1. The van der Waals surface area contributed by atoms with Crippen LogP contribution in [-0.2, 0) is 0 Å². The van der Waals surface area contributed by atoms with Gasteiger partial charge in [-0.2, -0.15) is 0 Å². The summed E-state index contributed by atoms with van der Waals surface area (Å²) in [6.45, 7) is 3.34.